The van der Waals surface area contributed by atoms with Gasteiger partial charge in [-0.1, -0.05) is 35.7 Å². The second kappa shape index (κ2) is 9.62. The molecule has 2 atom stereocenters. The maximum Gasteiger partial charge on any atom is 0.224 e. The van der Waals surface area contributed by atoms with Crippen molar-refractivity contribution in [3.05, 3.63) is 76.8 Å². The highest BCUT2D eigenvalue weighted by atomic mass is 35.5. The van der Waals surface area contributed by atoms with Gasteiger partial charge in [0.1, 0.15) is 0 Å². The number of hydrogen-bond acceptors (Lipinski definition) is 3. The van der Waals surface area contributed by atoms with Gasteiger partial charge in [-0.05, 0) is 72.5 Å². The van der Waals surface area contributed by atoms with E-state index in [0.29, 0.717) is 5.02 Å². The van der Waals surface area contributed by atoms with Gasteiger partial charge in [-0.3, -0.25) is 9.59 Å². The molecule has 2 amide bonds. The maximum absolute atomic E-state index is 12.5. The van der Waals surface area contributed by atoms with E-state index in [-0.39, 0.29) is 23.9 Å². The van der Waals surface area contributed by atoms with Gasteiger partial charge < -0.3 is 15.5 Å². The van der Waals surface area contributed by atoms with Crippen LogP contribution in [0.5, 0.6) is 0 Å². The summed E-state index contributed by atoms with van der Waals surface area (Å²) in [5, 5.41) is 6.95. The highest BCUT2D eigenvalue weighted by Crippen LogP contribution is 2.42. The van der Waals surface area contributed by atoms with Gasteiger partial charge in [-0.25, -0.2) is 0 Å². The fourth-order valence-electron chi connectivity index (χ4n) is 4.55. The fourth-order valence-corrected chi connectivity index (χ4v) is 4.78. The van der Waals surface area contributed by atoms with E-state index in [2.05, 4.69) is 22.6 Å². The molecule has 1 aliphatic rings. The fraction of sp³-hybridized carbons (Fsp3) is 0.214. The molecular formula is C28H26ClN3O2. The monoisotopic (exact) mass is 471 g/mol. The second-order valence-corrected chi connectivity index (χ2v) is 8.95. The van der Waals surface area contributed by atoms with Gasteiger partial charge in [-0.2, -0.15) is 0 Å². The van der Waals surface area contributed by atoms with Crippen LogP contribution in [0.4, 0.5) is 17.1 Å². The zero-order chi connectivity index (χ0) is 24.4. The minimum Gasteiger partial charge on any atom is -0.377 e. The highest BCUT2D eigenvalue weighted by Gasteiger charge is 2.33. The summed E-state index contributed by atoms with van der Waals surface area (Å²) in [6, 6.07) is 19.3. The Balaban J connectivity index is 1.77. The van der Waals surface area contributed by atoms with E-state index >= 15 is 0 Å². The molecule has 3 aromatic rings. The summed E-state index contributed by atoms with van der Waals surface area (Å²) in [6.45, 7) is 5.13. The van der Waals surface area contributed by atoms with E-state index in [1.165, 1.54) is 6.92 Å². The lowest BCUT2D eigenvalue weighted by atomic mass is 9.88. The van der Waals surface area contributed by atoms with Crippen molar-refractivity contribution in [2.45, 2.75) is 39.3 Å². The van der Waals surface area contributed by atoms with Gasteiger partial charge in [-0.15, -0.1) is 6.42 Å². The van der Waals surface area contributed by atoms with Gasteiger partial charge >= 0.3 is 0 Å². The van der Waals surface area contributed by atoms with Crippen molar-refractivity contribution in [2.75, 3.05) is 15.5 Å². The summed E-state index contributed by atoms with van der Waals surface area (Å²) in [7, 11) is 0. The average Bonchev–Trinajstić information content (AvgIpc) is 2.79. The van der Waals surface area contributed by atoms with Crippen LogP contribution in [0.1, 0.15) is 44.4 Å². The van der Waals surface area contributed by atoms with E-state index in [0.717, 1.165) is 45.7 Å². The van der Waals surface area contributed by atoms with Crippen molar-refractivity contribution < 1.29 is 9.59 Å². The first-order valence-electron chi connectivity index (χ1n) is 11.1. The van der Waals surface area contributed by atoms with E-state index in [4.69, 9.17) is 18.0 Å². The molecule has 172 valence electrons. The van der Waals surface area contributed by atoms with Gasteiger partial charge in [0.25, 0.3) is 0 Å². The predicted octanol–water partition coefficient (Wildman–Crippen LogP) is 6.25. The third-order valence-electron chi connectivity index (χ3n) is 6.00. The molecule has 0 unspecified atom stereocenters. The Bertz CT molecular complexity index is 1310. The zero-order valence-electron chi connectivity index (χ0n) is 19.4. The van der Waals surface area contributed by atoms with Gasteiger partial charge in [0, 0.05) is 36.8 Å². The summed E-state index contributed by atoms with van der Waals surface area (Å²) < 4.78 is 0. The van der Waals surface area contributed by atoms with Crippen LogP contribution in [0.25, 0.3) is 11.1 Å². The van der Waals surface area contributed by atoms with Crippen molar-refractivity contribution in [2.24, 2.45) is 0 Å². The Morgan fingerprint density at radius 2 is 1.82 bits per heavy atom. The number of terminal acetylenes is 1. The van der Waals surface area contributed by atoms with E-state index in [1.54, 1.807) is 13.0 Å². The molecule has 3 aromatic carbocycles. The standard InChI is InChI=1S/C28H26ClN3O2/c1-5-20-9-11-26(25(29)14-20)31-27-13-17(2)32(19(4)34)28-12-10-22(16-24(27)28)21-7-6-8-23(15-21)30-18(3)33/h1,6-12,14-17,27,31H,13H2,2-4H3,(H,30,33)/t17-,27+/m0/s1. The molecule has 0 aromatic heterocycles. The Hall–Kier alpha value is -3.75. The third-order valence-corrected chi connectivity index (χ3v) is 6.31. The minimum atomic E-state index is -0.120. The SMILES string of the molecule is C#Cc1ccc(N[C@@H]2C[C@H](C)N(C(C)=O)c3ccc(-c4cccc(NC(C)=O)c4)cc32)c(Cl)c1. The number of carbonyl (C=O) groups excluding carboxylic acids is 2. The number of halogens is 1. The number of hydrogen-bond donors (Lipinski definition) is 2. The molecule has 0 saturated carbocycles. The van der Waals surface area contributed by atoms with Crippen LogP contribution >= 0.6 is 11.6 Å². The normalized spacial score (nSPS) is 16.9. The van der Waals surface area contributed by atoms with Crippen LogP contribution in [-0.4, -0.2) is 17.9 Å². The molecule has 6 heteroatoms. The number of rotatable bonds is 4. The Labute approximate surface area is 205 Å². The quantitative estimate of drug-likeness (QED) is 0.442. The smallest absolute Gasteiger partial charge is 0.224 e. The molecule has 0 radical (unpaired) electrons. The number of amides is 2. The van der Waals surface area contributed by atoms with Crippen LogP contribution in [0.2, 0.25) is 5.02 Å². The summed E-state index contributed by atoms with van der Waals surface area (Å²) in [4.78, 5) is 25.8. The molecule has 34 heavy (non-hydrogen) atoms. The Morgan fingerprint density at radius 3 is 2.50 bits per heavy atom. The molecule has 0 fully saturated rings. The highest BCUT2D eigenvalue weighted by molar-refractivity contribution is 6.33. The van der Waals surface area contributed by atoms with Gasteiger partial charge in [0.15, 0.2) is 0 Å². The molecule has 0 spiro atoms. The largest absolute Gasteiger partial charge is 0.377 e. The van der Waals surface area contributed by atoms with Crippen LogP contribution < -0.4 is 15.5 Å². The number of nitrogens with one attached hydrogen (secondary N) is 2. The van der Waals surface area contributed by atoms with E-state index in [9.17, 15) is 9.59 Å². The maximum atomic E-state index is 12.5. The van der Waals surface area contributed by atoms with Crippen molar-refractivity contribution >= 4 is 40.5 Å². The second-order valence-electron chi connectivity index (χ2n) is 8.55. The first-order valence-corrected chi connectivity index (χ1v) is 11.5. The number of anilines is 3. The predicted molar refractivity (Wildman–Crippen MR) is 139 cm³/mol. The summed E-state index contributed by atoms with van der Waals surface area (Å²) in [6.07, 6.45) is 6.21. The third kappa shape index (κ3) is 4.78. The Morgan fingerprint density at radius 1 is 1.06 bits per heavy atom. The summed E-state index contributed by atoms with van der Waals surface area (Å²) in [5.41, 5.74) is 6.09. The lowest BCUT2D eigenvalue weighted by molar-refractivity contribution is -0.117. The van der Waals surface area contributed by atoms with Crippen molar-refractivity contribution in [1.82, 2.24) is 0 Å². The number of benzene rings is 3. The molecule has 1 heterocycles. The van der Waals surface area contributed by atoms with Crippen molar-refractivity contribution in [3.63, 3.8) is 0 Å². The van der Waals surface area contributed by atoms with Crippen LogP contribution in [0.3, 0.4) is 0 Å². The summed E-state index contributed by atoms with van der Waals surface area (Å²) >= 11 is 6.50. The molecule has 0 aliphatic carbocycles. The van der Waals surface area contributed by atoms with Crippen molar-refractivity contribution in [3.8, 4) is 23.5 Å². The lowest BCUT2D eigenvalue weighted by Gasteiger charge is -2.40. The molecule has 0 bridgehead atoms. The first-order chi connectivity index (χ1) is 16.3. The lowest BCUT2D eigenvalue weighted by Crippen LogP contribution is -2.43. The molecule has 2 N–H and O–H groups in total. The van der Waals surface area contributed by atoms with E-state index in [1.807, 2.05) is 60.4 Å². The number of nitrogens with zero attached hydrogens (tertiary/aromatic N) is 1. The Kier molecular flexibility index (Phi) is 6.63. The van der Waals surface area contributed by atoms with Crippen LogP contribution in [0.15, 0.2) is 60.7 Å². The molecule has 0 saturated heterocycles. The van der Waals surface area contributed by atoms with Crippen molar-refractivity contribution in [1.29, 1.82) is 0 Å². The van der Waals surface area contributed by atoms with E-state index < -0.39 is 0 Å². The molecule has 4 rings (SSSR count). The van der Waals surface area contributed by atoms with Crippen LogP contribution in [-0.2, 0) is 9.59 Å². The number of fused-ring (bicyclic) bond motifs is 1. The molecular weight excluding hydrogens is 446 g/mol. The average molecular weight is 472 g/mol. The van der Waals surface area contributed by atoms with Gasteiger partial charge in [0.05, 0.1) is 16.8 Å². The zero-order valence-corrected chi connectivity index (χ0v) is 20.1. The topological polar surface area (TPSA) is 61.4 Å². The first kappa shape index (κ1) is 23.4. The molecule has 1 aliphatic heterocycles. The molecule has 5 nitrogen and oxygen atoms in total. The van der Waals surface area contributed by atoms with Crippen LogP contribution in [0, 0.1) is 12.3 Å². The summed E-state index contributed by atoms with van der Waals surface area (Å²) in [5.74, 6) is 2.48. The van der Waals surface area contributed by atoms with Gasteiger partial charge in [0.2, 0.25) is 11.8 Å². The number of carbonyl (C=O) groups is 2. The minimum absolute atomic E-state index is 0.00371.